The van der Waals surface area contributed by atoms with Crippen LogP contribution >= 0.6 is 0 Å². The van der Waals surface area contributed by atoms with Crippen LogP contribution in [0.3, 0.4) is 0 Å². The Hall–Kier alpha value is -1.82. The molecule has 2 aliphatic heterocycles. The summed E-state index contributed by atoms with van der Waals surface area (Å²) in [6, 6.07) is 4.46. The highest BCUT2D eigenvalue weighted by atomic mass is 19.1. The number of hydrogen-bond acceptors (Lipinski definition) is 3. The first kappa shape index (κ1) is 16.1. The van der Waals surface area contributed by atoms with Gasteiger partial charge in [0.25, 0.3) is 0 Å². The smallest absolute Gasteiger partial charge is 0.319 e. The molecule has 3 rings (SSSR count). The van der Waals surface area contributed by atoms with Crippen molar-refractivity contribution in [2.45, 2.75) is 44.8 Å². The van der Waals surface area contributed by atoms with E-state index in [1.54, 1.807) is 12.1 Å². The second-order valence-corrected chi connectivity index (χ2v) is 6.30. The molecule has 2 amide bonds. The SMILES string of the molecule is C[C@H](NC(=O)Nc1ccc(N2CCCC2)c(F)c1)[C@@H]1CCCO1. The fraction of sp³-hybridized carbons (Fsp3) is 0.588. The van der Waals surface area contributed by atoms with Gasteiger partial charge in [0.1, 0.15) is 5.82 Å². The molecule has 126 valence electrons. The van der Waals surface area contributed by atoms with E-state index in [1.165, 1.54) is 6.07 Å². The van der Waals surface area contributed by atoms with Crippen molar-refractivity contribution >= 4 is 17.4 Å². The fourth-order valence-corrected chi connectivity index (χ4v) is 3.26. The Balaban J connectivity index is 1.56. The van der Waals surface area contributed by atoms with Gasteiger partial charge in [-0.15, -0.1) is 0 Å². The first-order valence-corrected chi connectivity index (χ1v) is 8.37. The molecule has 2 saturated heterocycles. The predicted molar refractivity (Wildman–Crippen MR) is 88.4 cm³/mol. The summed E-state index contributed by atoms with van der Waals surface area (Å²) in [7, 11) is 0. The predicted octanol–water partition coefficient (Wildman–Crippen LogP) is 3.11. The van der Waals surface area contributed by atoms with Gasteiger partial charge in [-0.05, 0) is 50.8 Å². The van der Waals surface area contributed by atoms with Crippen molar-refractivity contribution in [3.05, 3.63) is 24.0 Å². The normalized spacial score (nSPS) is 22.2. The van der Waals surface area contributed by atoms with Crippen LogP contribution < -0.4 is 15.5 Å². The highest BCUT2D eigenvalue weighted by Gasteiger charge is 2.23. The Bertz CT molecular complexity index is 555. The minimum atomic E-state index is -0.332. The highest BCUT2D eigenvalue weighted by molar-refractivity contribution is 5.89. The Morgan fingerprint density at radius 2 is 2.13 bits per heavy atom. The number of urea groups is 1. The lowest BCUT2D eigenvalue weighted by molar-refractivity contribution is 0.0868. The number of anilines is 2. The second-order valence-electron chi connectivity index (χ2n) is 6.30. The molecule has 0 bridgehead atoms. The van der Waals surface area contributed by atoms with Crippen LogP contribution in [0.1, 0.15) is 32.6 Å². The molecule has 2 aliphatic rings. The van der Waals surface area contributed by atoms with E-state index in [0.29, 0.717) is 11.4 Å². The van der Waals surface area contributed by atoms with Crippen molar-refractivity contribution < 1.29 is 13.9 Å². The third-order valence-electron chi connectivity index (χ3n) is 4.53. The number of carbonyl (C=O) groups is 1. The zero-order valence-corrected chi connectivity index (χ0v) is 13.5. The van der Waals surface area contributed by atoms with E-state index in [0.717, 1.165) is 45.4 Å². The number of ether oxygens (including phenoxy) is 1. The van der Waals surface area contributed by atoms with Crippen molar-refractivity contribution in [2.75, 3.05) is 29.9 Å². The largest absolute Gasteiger partial charge is 0.376 e. The first-order chi connectivity index (χ1) is 11.1. The van der Waals surface area contributed by atoms with E-state index in [9.17, 15) is 9.18 Å². The molecule has 0 radical (unpaired) electrons. The zero-order valence-electron chi connectivity index (χ0n) is 13.5. The van der Waals surface area contributed by atoms with E-state index in [1.807, 2.05) is 11.8 Å². The Labute approximate surface area is 136 Å². The fourth-order valence-electron chi connectivity index (χ4n) is 3.26. The average molecular weight is 321 g/mol. The number of benzene rings is 1. The van der Waals surface area contributed by atoms with E-state index >= 15 is 0 Å². The third-order valence-corrected chi connectivity index (χ3v) is 4.53. The van der Waals surface area contributed by atoms with Gasteiger partial charge in [0.15, 0.2) is 0 Å². The number of halogens is 1. The van der Waals surface area contributed by atoms with Crippen LogP contribution in [0.4, 0.5) is 20.6 Å². The minimum absolute atomic E-state index is 0.0637. The van der Waals surface area contributed by atoms with E-state index < -0.39 is 0 Å². The number of rotatable bonds is 4. The number of amides is 2. The van der Waals surface area contributed by atoms with Crippen molar-refractivity contribution in [3.8, 4) is 0 Å². The van der Waals surface area contributed by atoms with E-state index in [-0.39, 0.29) is 24.0 Å². The van der Waals surface area contributed by atoms with Gasteiger partial charge in [-0.3, -0.25) is 0 Å². The average Bonchev–Trinajstić information content (AvgIpc) is 3.21. The first-order valence-electron chi connectivity index (χ1n) is 8.37. The summed E-state index contributed by atoms with van der Waals surface area (Å²) in [6.07, 6.45) is 4.25. The number of nitrogens with zero attached hydrogens (tertiary/aromatic N) is 1. The Morgan fingerprint density at radius 1 is 1.35 bits per heavy atom. The van der Waals surface area contributed by atoms with Crippen molar-refractivity contribution in [1.82, 2.24) is 5.32 Å². The second kappa shape index (κ2) is 7.17. The lowest BCUT2D eigenvalue weighted by Crippen LogP contribution is -2.43. The number of nitrogens with one attached hydrogen (secondary N) is 2. The van der Waals surface area contributed by atoms with Gasteiger partial charge in [-0.2, -0.15) is 0 Å². The molecule has 2 N–H and O–H groups in total. The van der Waals surface area contributed by atoms with Gasteiger partial charge in [0, 0.05) is 25.4 Å². The molecule has 2 fully saturated rings. The summed E-state index contributed by atoms with van der Waals surface area (Å²) in [5, 5.41) is 5.54. The maximum absolute atomic E-state index is 14.2. The summed E-state index contributed by atoms with van der Waals surface area (Å²) in [5.74, 6) is -0.295. The minimum Gasteiger partial charge on any atom is -0.376 e. The van der Waals surface area contributed by atoms with Gasteiger partial charge >= 0.3 is 6.03 Å². The topological polar surface area (TPSA) is 53.6 Å². The molecule has 0 spiro atoms. The Morgan fingerprint density at radius 3 is 2.78 bits per heavy atom. The highest BCUT2D eigenvalue weighted by Crippen LogP contribution is 2.26. The molecular formula is C17H24FN3O2. The van der Waals surface area contributed by atoms with Gasteiger partial charge in [0.05, 0.1) is 17.8 Å². The van der Waals surface area contributed by atoms with Gasteiger partial charge in [-0.25, -0.2) is 9.18 Å². The standard InChI is InChI=1S/C17H24FN3O2/c1-12(16-5-4-10-23-16)19-17(22)20-13-6-7-15(14(18)11-13)21-8-2-3-9-21/h6-7,11-12,16H,2-5,8-10H2,1H3,(H2,19,20,22)/t12-,16-/m0/s1. The summed E-state index contributed by atoms with van der Waals surface area (Å²) in [6.45, 7) is 4.46. The molecule has 0 saturated carbocycles. The number of carbonyl (C=O) groups excluding carboxylic acids is 1. The van der Waals surface area contributed by atoms with Crippen molar-refractivity contribution in [1.29, 1.82) is 0 Å². The van der Waals surface area contributed by atoms with Crippen LogP contribution in [0.15, 0.2) is 18.2 Å². The molecule has 23 heavy (non-hydrogen) atoms. The number of hydrogen-bond donors (Lipinski definition) is 2. The molecule has 0 aliphatic carbocycles. The lowest BCUT2D eigenvalue weighted by Gasteiger charge is -2.21. The van der Waals surface area contributed by atoms with Crippen LogP contribution in [-0.4, -0.2) is 37.9 Å². The van der Waals surface area contributed by atoms with Crippen LogP contribution in [0, 0.1) is 5.82 Å². The van der Waals surface area contributed by atoms with E-state index in [4.69, 9.17) is 4.74 Å². The van der Waals surface area contributed by atoms with Crippen LogP contribution in [0.5, 0.6) is 0 Å². The van der Waals surface area contributed by atoms with Gasteiger partial charge < -0.3 is 20.3 Å². The monoisotopic (exact) mass is 321 g/mol. The molecular weight excluding hydrogens is 297 g/mol. The maximum Gasteiger partial charge on any atom is 0.319 e. The summed E-state index contributed by atoms with van der Waals surface area (Å²) < 4.78 is 19.8. The maximum atomic E-state index is 14.2. The summed E-state index contributed by atoms with van der Waals surface area (Å²) >= 11 is 0. The molecule has 5 nitrogen and oxygen atoms in total. The van der Waals surface area contributed by atoms with Crippen molar-refractivity contribution in [2.24, 2.45) is 0 Å². The van der Waals surface area contributed by atoms with E-state index in [2.05, 4.69) is 10.6 Å². The van der Waals surface area contributed by atoms with Crippen LogP contribution in [0.25, 0.3) is 0 Å². The lowest BCUT2D eigenvalue weighted by atomic mass is 10.1. The molecule has 0 aromatic heterocycles. The van der Waals surface area contributed by atoms with Crippen LogP contribution in [-0.2, 0) is 4.74 Å². The van der Waals surface area contributed by atoms with Gasteiger partial charge in [-0.1, -0.05) is 0 Å². The third kappa shape index (κ3) is 3.93. The van der Waals surface area contributed by atoms with Crippen molar-refractivity contribution in [3.63, 3.8) is 0 Å². The molecule has 0 unspecified atom stereocenters. The quantitative estimate of drug-likeness (QED) is 0.896. The molecule has 6 heteroatoms. The Kier molecular flexibility index (Phi) is 5.00. The summed E-state index contributed by atoms with van der Waals surface area (Å²) in [4.78, 5) is 14.1. The zero-order chi connectivity index (χ0) is 16.2. The molecule has 1 aromatic rings. The van der Waals surface area contributed by atoms with Crippen LogP contribution in [0.2, 0.25) is 0 Å². The van der Waals surface area contributed by atoms with Gasteiger partial charge in [0.2, 0.25) is 0 Å². The molecule has 2 heterocycles. The summed E-state index contributed by atoms with van der Waals surface area (Å²) in [5.41, 5.74) is 1.07. The molecule has 1 aromatic carbocycles. The molecule has 2 atom stereocenters.